The van der Waals surface area contributed by atoms with E-state index in [2.05, 4.69) is 4.98 Å². The van der Waals surface area contributed by atoms with E-state index in [1.54, 1.807) is 12.1 Å². The van der Waals surface area contributed by atoms with Crippen molar-refractivity contribution in [2.75, 3.05) is 0 Å². The maximum absolute atomic E-state index is 12.6. The summed E-state index contributed by atoms with van der Waals surface area (Å²) in [5, 5.41) is 11.3. The minimum atomic E-state index is -0.443. The summed E-state index contributed by atoms with van der Waals surface area (Å²) in [4.78, 5) is 29.0. The van der Waals surface area contributed by atoms with E-state index in [0.29, 0.717) is 11.9 Å². The zero-order valence-electron chi connectivity index (χ0n) is 12.1. The Morgan fingerprint density at radius 2 is 1.95 bits per heavy atom. The van der Waals surface area contributed by atoms with Crippen LogP contribution >= 0.6 is 11.3 Å². The first kappa shape index (κ1) is 14.4. The molecule has 0 aliphatic carbocycles. The average molecular weight is 315 g/mol. The third-order valence-electron chi connectivity index (χ3n) is 3.66. The third kappa shape index (κ3) is 2.39. The highest BCUT2D eigenvalue weighted by molar-refractivity contribution is 7.18. The number of rotatable bonds is 3. The Bertz CT molecular complexity index is 926. The molecule has 0 radical (unpaired) electrons. The van der Waals surface area contributed by atoms with Crippen LogP contribution in [0.5, 0.6) is 0 Å². The molecule has 0 unspecified atom stereocenters. The molecule has 0 saturated heterocycles. The fourth-order valence-electron chi connectivity index (χ4n) is 2.30. The second-order valence-electron chi connectivity index (χ2n) is 5.06. The van der Waals surface area contributed by atoms with E-state index in [-0.39, 0.29) is 11.2 Å². The summed E-state index contributed by atoms with van der Waals surface area (Å²) in [5.41, 5.74) is 1.74. The smallest absolute Gasteiger partial charge is 0.269 e. The molecule has 0 aliphatic rings. The molecule has 0 amide bonds. The number of hydrogen-bond donors (Lipinski definition) is 0. The van der Waals surface area contributed by atoms with Crippen molar-refractivity contribution in [3.05, 3.63) is 67.1 Å². The van der Waals surface area contributed by atoms with Gasteiger partial charge in [-0.1, -0.05) is 12.1 Å². The maximum Gasteiger partial charge on any atom is 0.269 e. The average Bonchev–Trinajstić information content (AvgIpc) is 2.78. The summed E-state index contributed by atoms with van der Waals surface area (Å²) in [6.07, 6.45) is 1.53. The lowest BCUT2D eigenvalue weighted by Gasteiger charge is -2.05. The van der Waals surface area contributed by atoms with Crippen LogP contribution in [0.3, 0.4) is 0 Å². The topological polar surface area (TPSA) is 78.0 Å². The lowest BCUT2D eigenvalue weighted by Crippen LogP contribution is -2.21. The van der Waals surface area contributed by atoms with E-state index >= 15 is 0 Å². The van der Waals surface area contributed by atoms with Crippen molar-refractivity contribution in [1.82, 2.24) is 9.55 Å². The van der Waals surface area contributed by atoms with Crippen molar-refractivity contribution in [2.45, 2.75) is 20.4 Å². The van der Waals surface area contributed by atoms with Crippen molar-refractivity contribution in [3.63, 3.8) is 0 Å². The molecule has 6 nitrogen and oxygen atoms in total. The summed E-state index contributed by atoms with van der Waals surface area (Å²) in [6.45, 7) is 4.24. The number of nitro groups is 1. The van der Waals surface area contributed by atoms with Crippen molar-refractivity contribution in [1.29, 1.82) is 0 Å². The first-order chi connectivity index (χ1) is 10.5. The van der Waals surface area contributed by atoms with Gasteiger partial charge >= 0.3 is 0 Å². The van der Waals surface area contributed by atoms with Crippen LogP contribution in [-0.4, -0.2) is 14.5 Å². The Kier molecular flexibility index (Phi) is 3.50. The predicted octanol–water partition coefficient (Wildman–Crippen LogP) is 3.03. The maximum atomic E-state index is 12.6. The minimum absolute atomic E-state index is 0.0361. The highest BCUT2D eigenvalue weighted by atomic mass is 32.1. The van der Waals surface area contributed by atoms with E-state index in [4.69, 9.17) is 0 Å². The van der Waals surface area contributed by atoms with Gasteiger partial charge in [0, 0.05) is 17.0 Å². The Morgan fingerprint density at radius 3 is 2.59 bits per heavy atom. The van der Waals surface area contributed by atoms with E-state index in [9.17, 15) is 14.9 Å². The quantitative estimate of drug-likeness (QED) is 0.550. The number of non-ortho nitro benzene ring substituents is 1. The molecule has 3 aromatic rings. The summed E-state index contributed by atoms with van der Waals surface area (Å²) < 4.78 is 1.53. The van der Waals surface area contributed by atoms with Crippen molar-refractivity contribution < 1.29 is 4.92 Å². The van der Waals surface area contributed by atoms with Crippen LogP contribution in [0.15, 0.2) is 35.4 Å². The zero-order chi connectivity index (χ0) is 15.9. The summed E-state index contributed by atoms with van der Waals surface area (Å²) in [6, 6.07) is 6.18. The number of benzene rings is 1. The van der Waals surface area contributed by atoms with Gasteiger partial charge in [-0.2, -0.15) is 0 Å². The number of thiophene rings is 1. The molecule has 112 valence electrons. The predicted molar refractivity (Wildman–Crippen MR) is 85.6 cm³/mol. The fourth-order valence-corrected chi connectivity index (χ4v) is 3.29. The molecule has 22 heavy (non-hydrogen) atoms. The number of hydrogen-bond acceptors (Lipinski definition) is 5. The first-order valence-corrected chi connectivity index (χ1v) is 7.47. The summed E-state index contributed by atoms with van der Waals surface area (Å²) >= 11 is 1.51. The van der Waals surface area contributed by atoms with Gasteiger partial charge in [0.1, 0.15) is 4.83 Å². The van der Waals surface area contributed by atoms with Crippen LogP contribution in [0.2, 0.25) is 0 Å². The Balaban J connectivity index is 2.00. The molecule has 3 rings (SSSR count). The van der Waals surface area contributed by atoms with Crippen molar-refractivity contribution in [2.24, 2.45) is 0 Å². The van der Waals surface area contributed by atoms with Gasteiger partial charge in [-0.3, -0.25) is 19.5 Å². The van der Waals surface area contributed by atoms with Crippen molar-refractivity contribution in [3.8, 4) is 0 Å². The van der Waals surface area contributed by atoms with Crippen LogP contribution in [-0.2, 0) is 6.54 Å². The van der Waals surface area contributed by atoms with Crippen LogP contribution in [0.25, 0.3) is 10.2 Å². The highest BCUT2D eigenvalue weighted by Gasteiger charge is 2.12. The van der Waals surface area contributed by atoms with E-state index in [0.717, 1.165) is 20.8 Å². The molecule has 0 bridgehead atoms. The normalized spacial score (nSPS) is 11.0. The number of aromatic nitrogens is 2. The summed E-state index contributed by atoms with van der Waals surface area (Å²) in [7, 11) is 0. The number of nitrogens with zero attached hydrogens (tertiary/aromatic N) is 3. The molecule has 0 spiro atoms. The minimum Gasteiger partial charge on any atom is -0.294 e. The molecule has 0 fully saturated rings. The SMILES string of the molecule is Cc1sc2ncn(Cc3ccc([N+](=O)[O-])cc3)c(=O)c2c1C. The van der Waals surface area contributed by atoms with Crippen LogP contribution in [0.4, 0.5) is 5.69 Å². The van der Waals surface area contributed by atoms with E-state index in [1.165, 1.54) is 34.4 Å². The van der Waals surface area contributed by atoms with Gasteiger partial charge in [0.2, 0.25) is 0 Å². The molecule has 0 N–H and O–H groups in total. The number of nitro benzene ring substituents is 1. The van der Waals surface area contributed by atoms with E-state index in [1.807, 2.05) is 13.8 Å². The molecule has 7 heteroatoms. The van der Waals surface area contributed by atoms with Gasteiger partial charge in [0.05, 0.1) is 23.2 Å². The Labute approximate surface area is 129 Å². The summed E-state index contributed by atoms with van der Waals surface area (Å²) in [5.74, 6) is 0. The molecule has 0 aliphatic heterocycles. The van der Waals surface area contributed by atoms with Crippen molar-refractivity contribution >= 4 is 27.2 Å². The third-order valence-corrected chi connectivity index (χ3v) is 4.77. The second kappa shape index (κ2) is 5.34. The van der Waals surface area contributed by atoms with Gasteiger partial charge in [0.25, 0.3) is 11.2 Å². The van der Waals surface area contributed by atoms with Gasteiger partial charge in [-0.25, -0.2) is 4.98 Å². The molecule has 0 atom stereocenters. The molecule has 1 aromatic carbocycles. The molecule has 2 heterocycles. The largest absolute Gasteiger partial charge is 0.294 e. The fraction of sp³-hybridized carbons (Fsp3) is 0.200. The van der Waals surface area contributed by atoms with Gasteiger partial charge in [0.15, 0.2) is 0 Å². The molecule has 2 aromatic heterocycles. The van der Waals surface area contributed by atoms with Crippen LogP contribution in [0.1, 0.15) is 16.0 Å². The highest BCUT2D eigenvalue weighted by Crippen LogP contribution is 2.25. The monoisotopic (exact) mass is 315 g/mol. The van der Waals surface area contributed by atoms with E-state index < -0.39 is 4.92 Å². The van der Waals surface area contributed by atoms with Crippen LogP contribution < -0.4 is 5.56 Å². The second-order valence-corrected chi connectivity index (χ2v) is 6.27. The molecule has 0 saturated carbocycles. The van der Waals surface area contributed by atoms with Crippen LogP contribution in [0, 0.1) is 24.0 Å². The van der Waals surface area contributed by atoms with Gasteiger partial charge in [-0.05, 0) is 25.0 Å². The van der Waals surface area contributed by atoms with Gasteiger partial charge in [-0.15, -0.1) is 11.3 Å². The standard InChI is InChI=1S/C15H13N3O3S/c1-9-10(2)22-14-13(9)15(19)17(8-16-14)7-11-3-5-12(6-4-11)18(20)21/h3-6,8H,7H2,1-2H3. The zero-order valence-corrected chi connectivity index (χ0v) is 12.9. The molecular formula is C15H13N3O3S. The Morgan fingerprint density at radius 1 is 1.27 bits per heavy atom. The number of fused-ring (bicyclic) bond motifs is 1. The van der Waals surface area contributed by atoms with Gasteiger partial charge < -0.3 is 0 Å². The lowest BCUT2D eigenvalue weighted by molar-refractivity contribution is -0.384. The lowest BCUT2D eigenvalue weighted by atomic mass is 10.2. The first-order valence-electron chi connectivity index (χ1n) is 6.66. The Hall–Kier alpha value is -2.54. The molecular weight excluding hydrogens is 302 g/mol. The number of aryl methyl sites for hydroxylation is 2.